The Labute approximate surface area is 148 Å². The second-order valence-corrected chi connectivity index (χ2v) is 7.04. The molecule has 1 aromatic rings. The van der Waals surface area contributed by atoms with E-state index in [1.807, 2.05) is 45.0 Å². The van der Waals surface area contributed by atoms with Crippen LogP contribution in [0.25, 0.3) is 0 Å². The smallest absolute Gasteiger partial charge is 0.311 e. The Morgan fingerprint density at radius 2 is 2.12 bits per heavy atom. The van der Waals surface area contributed by atoms with Crippen LogP contribution in [-0.4, -0.2) is 25.7 Å². The third-order valence-corrected chi connectivity index (χ3v) is 4.35. The van der Waals surface area contributed by atoms with Gasteiger partial charge in [-0.2, -0.15) is 0 Å². The van der Waals surface area contributed by atoms with E-state index in [1.165, 1.54) is 13.2 Å². The van der Waals surface area contributed by atoms with E-state index >= 15 is 0 Å². The van der Waals surface area contributed by atoms with Crippen molar-refractivity contribution in [1.82, 2.24) is 0 Å². The van der Waals surface area contributed by atoms with Gasteiger partial charge in [-0.3, -0.25) is 4.79 Å². The van der Waals surface area contributed by atoms with Crippen LogP contribution in [0.2, 0.25) is 0 Å². The molecule has 5 heteroatoms. The highest BCUT2D eigenvalue weighted by molar-refractivity contribution is 5.76. The molecule has 1 unspecified atom stereocenters. The highest BCUT2D eigenvalue weighted by atomic mass is 19.1. The van der Waals surface area contributed by atoms with E-state index in [1.54, 1.807) is 0 Å². The molecule has 1 aliphatic carbocycles. The van der Waals surface area contributed by atoms with E-state index in [0.717, 1.165) is 16.7 Å². The Bertz CT molecular complexity index is 707. The molecule has 0 radical (unpaired) electrons. The maximum Gasteiger partial charge on any atom is 0.311 e. The van der Waals surface area contributed by atoms with Gasteiger partial charge < -0.3 is 15.2 Å². The van der Waals surface area contributed by atoms with E-state index < -0.39 is 5.41 Å². The minimum Gasteiger partial charge on any atom is -0.486 e. The molecule has 0 aromatic heterocycles. The van der Waals surface area contributed by atoms with Crippen LogP contribution in [0, 0.1) is 12.3 Å². The fourth-order valence-corrected chi connectivity index (χ4v) is 2.94. The maximum absolute atomic E-state index is 13.7. The van der Waals surface area contributed by atoms with Gasteiger partial charge >= 0.3 is 5.97 Å². The molecule has 4 nitrogen and oxygen atoms in total. The number of rotatable bonds is 6. The van der Waals surface area contributed by atoms with Crippen molar-refractivity contribution in [3.63, 3.8) is 0 Å². The molecule has 0 saturated carbocycles. The minimum atomic E-state index is -0.599. The summed E-state index contributed by atoms with van der Waals surface area (Å²) in [5, 5.41) is 0. The summed E-state index contributed by atoms with van der Waals surface area (Å²) in [6.45, 7) is 5.98. The first-order valence-corrected chi connectivity index (χ1v) is 8.36. The quantitative estimate of drug-likeness (QED) is 0.798. The Morgan fingerprint density at radius 3 is 2.72 bits per heavy atom. The lowest BCUT2D eigenvalue weighted by Gasteiger charge is -2.23. The summed E-state index contributed by atoms with van der Waals surface area (Å²) in [6.07, 6.45) is 3.74. The monoisotopic (exact) mass is 347 g/mol. The first kappa shape index (κ1) is 19.2. The molecular formula is C20H26FNO3. The Balaban J connectivity index is 2.11. The van der Waals surface area contributed by atoms with Crippen LogP contribution in [0.15, 0.2) is 41.8 Å². The van der Waals surface area contributed by atoms with Gasteiger partial charge in [-0.15, -0.1) is 0 Å². The number of halogens is 1. The fourth-order valence-electron chi connectivity index (χ4n) is 2.94. The molecule has 0 fully saturated rings. The SMILES string of the molecule is COC(=O)C(C)(C)Cc1ccc(OC2C=C(CN)C=C(F)C2)cc1C. The summed E-state index contributed by atoms with van der Waals surface area (Å²) >= 11 is 0. The third kappa shape index (κ3) is 4.92. The van der Waals surface area contributed by atoms with Crippen LogP contribution >= 0.6 is 0 Å². The van der Waals surface area contributed by atoms with Crippen LogP contribution in [0.3, 0.4) is 0 Å². The molecule has 25 heavy (non-hydrogen) atoms. The molecule has 0 heterocycles. The molecule has 0 amide bonds. The van der Waals surface area contributed by atoms with Gasteiger partial charge in [0.05, 0.1) is 12.5 Å². The van der Waals surface area contributed by atoms with Gasteiger partial charge in [0.2, 0.25) is 0 Å². The van der Waals surface area contributed by atoms with E-state index in [4.69, 9.17) is 15.2 Å². The maximum atomic E-state index is 13.7. The van der Waals surface area contributed by atoms with Crippen LogP contribution < -0.4 is 10.5 Å². The highest BCUT2D eigenvalue weighted by Gasteiger charge is 2.29. The second kappa shape index (κ2) is 7.83. The number of aryl methyl sites for hydroxylation is 1. The Kier molecular flexibility index (Phi) is 6.01. The predicted molar refractivity (Wildman–Crippen MR) is 96.0 cm³/mol. The van der Waals surface area contributed by atoms with Gasteiger partial charge in [-0.05, 0) is 68.2 Å². The van der Waals surface area contributed by atoms with Crippen molar-refractivity contribution >= 4 is 5.97 Å². The molecule has 1 aliphatic rings. The zero-order valence-electron chi connectivity index (χ0n) is 15.3. The Morgan fingerprint density at radius 1 is 1.40 bits per heavy atom. The number of ether oxygens (including phenoxy) is 2. The zero-order valence-corrected chi connectivity index (χ0v) is 15.3. The summed E-state index contributed by atoms with van der Waals surface area (Å²) in [4.78, 5) is 11.9. The standard InChI is InChI=1S/C20H26FNO3/c1-13-7-17(25-18-9-14(12-22)8-16(21)10-18)6-5-15(13)11-20(2,3)19(23)24-4/h5-9,18H,10-12,22H2,1-4H3. The van der Waals surface area contributed by atoms with Gasteiger partial charge in [0, 0.05) is 13.0 Å². The van der Waals surface area contributed by atoms with Crippen molar-refractivity contribution in [3.8, 4) is 5.75 Å². The van der Waals surface area contributed by atoms with E-state index in [9.17, 15) is 9.18 Å². The van der Waals surface area contributed by atoms with Gasteiger partial charge in [0.1, 0.15) is 17.7 Å². The summed E-state index contributed by atoms with van der Waals surface area (Å²) < 4.78 is 24.4. The van der Waals surface area contributed by atoms with E-state index in [2.05, 4.69) is 0 Å². The summed E-state index contributed by atoms with van der Waals surface area (Å²) in [5.41, 5.74) is 7.79. The lowest BCUT2D eigenvalue weighted by atomic mass is 9.84. The van der Waals surface area contributed by atoms with Crippen LogP contribution in [-0.2, 0) is 16.0 Å². The average molecular weight is 347 g/mol. The average Bonchev–Trinajstić information content (AvgIpc) is 2.55. The zero-order chi connectivity index (χ0) is 18.6. The molecule has 2 N–H and O–H groups in total. The lowest BCUT2D eigenvalue weighted by Crippen LogP contribution is -2.28. The van der Waals surface area contributed by atoms with Crippen molar-refractivity contribution < 1.29 is 18.7 Å². The van der Waals surface area contributed by atoms with Crippen molar-refractivity contribution in [2.24, 2.45) is 11.1 Å². The molecule has 136 valence electrons. The van der Waals surface area contributed by atoms with Crippen molar-refractivity contribution in [2.45, 2.75) is 39.7 Å². The third-order valence-electron chi connectivity index (χ3n) is 4.35. The first-order valence-electron chi connectivity index (χ1n) is 8.36. The lowest BCUT2D eigenvalue weighted by molar-refractivity contribution is -0.150. The molecule has 2 rings (SSSR count). The minimum absolute atomic E-state index is 0.208. The normalized spacial score (nSPS) is 17.6. The summed E-state index contributed by atoms with van der Waals surface area (Å²) in [6, 6.07) is 5.70. The Hall–Kier alpha value is -2.14. The fraction of sp³-hybridized carbons (Fsp3) is 0.450. The summed E-state index contributed by atoms with van der Waals surface area (Å²) in [5.74, 6) is 0.210. The predicted octanol–water partition coefficient (Wildman–Crippen LogP) is 3.63. The highest BCUT2D eigenvalue weighted by Crippen LogP contribution is 2.29. The van der Waals surface area contributed by atoms with Gasteiger partial charge in [0.15, 0.2) is 0 Å². The van der Waals surface area contributed by atoms with Crippen LogP contribution in [0.4, 0.5) is 4.39 Å². The molecular weight excluding hydrogens is 321 g/mol. The van der Waals surface area contributed by atoms with E-state index in [-0.39, 0.29) is 30.9 Å². The van der Waals surface area contributed by atoms with Crippen molar-refractivity contribution in [1.29, 1.82) is 0 Å². The topological polar surface area (TPSA) is 61.5 Å². The number of hydrogen-bond donors (Lipinski definition) is 1. The number of hydrogen-bond acceptors (Lipinski definition) is 4. The van der Waals surface area contributed by atoms with Crippen molar-refractivity contribution in [3.05, 3.63) is 52.9 Å². The number of benzene rings is 1. The van der Waals surface area contributed by atoms with Gasteiger partial charge in [0.25, 0.3) is 0 Å². The number of carbonyl (C=O) groups excluding carboxylic acids is 1. The molecule has 0 bridgehead atoms. The molecule has 0 saturated heterocycles. The number of methoxy groups -OCH3 is 1. The molecule has 1 atom stereocenters. The molecule has 0 spiro atoms. The van der Waals surface area contributed by atoms with Crippen LogP contribution in [0.5, 0.6) is 5.75 Å². The number of nitrogens with two attached hydrogens (primary N) is 1. The molecule has 1 aromatic carbocycles. The van der Waals surface area contributed by atoms with Gasteiger partial charge in [-0.25, -0.2) is 4.39 Å². The van der Waals surface area contributed by atoms with Crippen molar-refractivity contribution in [2.75, 3.05) is 13.7 Å². The van der Waals surface area contributed by atoms with Crippen LogP contribution in [0.1, 0.15) is 31.4 Å². The largest absolute Gasteiger partial charge is 0.486 e. The molecule has 0 aliphatic heterocycles. The number of esters is 1. The van der Waals surface area contributed by atoms with Gasteiger partial charge in [-0.1, -0.05) is 6.07 Å². The first-order chi connectivity index (χ1) is 11.7. The summed E-state index contributed by atoms with van der Waals surface area (Å²) in [7, 11) is 1.40. The van der Waals surface area contributed by atoms with E-state index in [0.29, 0.717) is 12.2 Å². The number of carbonyl (C=O) groups is 1. The second-order valence-electron chi connectivity index (χ2n) is 7.04.